The van der Waals surface area contributed by atoms with E-state index in [1.54, 1.807) is 11.9 Å². The first-order valence-corrected chi connectivity index (χ1v) is 4.75. The Balaban J connectivity index is 2.97. The van der Waals surface area contributed by atoms with Gasteiger partial charge in [0.2, 0.25) is 0 Å². The van der Waals surface area contributed by atoms with Gasteiger partial charge in [-0.25, -0.2) is 4.39 Å². The van der Waals surface area contributed by atoms with Crippen molar-refractivity contribution in [1.29, 1.82) is 0 Å². The number of carbonyl (C=O) groups excluding carboxylic acids is 1. The molecule has 0 heterocycles. The van der Waals surface area contributed by atoms with Gasteiger partial charge in [0.1, 0.15) is 5.82 Å². The van der Waals surface area contributed by atoms with Crippen molar-refractivity contribution in [2.75, 3.05) is 12.8 Å². The number of benzene rings is 1. The highest BCUT2D eigenvalue weighted by Crippen LogP contribution is 2.14. The second-order valence-electron chi connectivity index (χ2n) is 3.75. The summed E-state index contributed by atoms with van der Waals surface area (Å²) in [6, 6.07) is 4.10. The molecule has 0 saturated heterocycles. The number of halogens is 1. The molecule has 1 aromatic rings. The van der Waals surface area contributed by atoms with Crippen LogP contribution in [0.5, 0.6) is 0 Å². The van der Waals surface area contributed by atoms with Crippen LogP contribution in [-0.2, 0) is 0 Å². The fourth-order valence-electron chi connectivity index (χ4n) is 1.11. The number of hydrogen-bond acceptors (Lipinski definition) is 2. The number of nitrogen functional groups attached to an aromatic ring is 1. The molecule has 0 saturated carbocycles. The van der Waals surface area contributed by atoms with Crippen LogP contribution in [0.4, 0.5) is 10.1 Å². The van der Waals surface area contributed by atoms with Gasteiger partial charge < -0.3 is 10.6 Å². The van der Waals surface area contributed by atoms with Gasteiger partial charge in [-0.2, -0.15) is 0 Å². The van der Waals surface area contributed by atoms with Gasteiger partial charge in [0.05, 0.1) is 5.69 Å². The summed E-state index contributed by atoms with van der Waals surface area (Å²) in [5, 5.41) is 0. The summed E-state index contributed by atoms with van der Waals surface area (Å²) in [5.41, 5.74) is 5.79. The summed E-state index contributed by atoms with van der Waals surface area (Å²) in [5.74, 6) is -0.657. The Morgan fingerprint density at radius 3 is 2.53 bits per heavy atom. The lowest BCUT2D eigenvalue weighted by Gasteiger charge is -2.21. The van der Waals surface area contributed by atoms with Crippen LogP contribution >= 0.6 is 0 Å². The first-order chi connectivity index (χ1) is 6.93. The lowest BCUT2D eigenvalue weighted by atomic mass is 10.1. The molecule has 1 rings (SSSR count). The zero-order valence-corrected chi connectivity index (χ0v) is 9.12. The Kier molecular flexibility index (Phi) is 3.29. The molecule has 82 valence electrons. The minimum atomic E-state index is -0.501. The van der Waals surface area contributed by atoms with Gasteiger partial charge in [-0.1, -0.05) is 0 Å². The number of amides is 1. The molecule has 0 fully saturated rings. The molecule has 15 heavy (non-hydrogen) atoms. The lowest BCUT2D eigenvalue weighted by molar-refractivity contribution is 0.0755. The standard InChI is InChI=1S/C11H15FN2O/c1-7(2)14(3)11(15)8-4-5-9(12)10(13)6-8/h4-7H,13H2,1-3H3. The SMILES string of the molecule is CC(C)N(C)C(=O)c1ccc(F)c(N)c1. The molecule has 3 nitrogen and oxygen atoms in total. The molecular weight excluding hydrogens is 195 g/mol. The molecule has 0 aromatic heterocycles. The van der Waals surface area contributed by atoms with E-state index < -0.39 is 5.82 Å². The molecule has 0 atom stereocenters. The van der Waals surface area contributed by atoms with Crippen molar-refractivity contribution in [3.8, 4) is 0 Å². The molecular formula is C11H15FN2O. The zero-order chi connectivity index (χ0) is 11.6. The van der Waals surface area contributed by atoms with E-state index in [9.17, 15) is 9.18 Å². The molecule has 0 aliphatic heterocycles. The normalized spacial score (nSPS) is 10.5. The van der Waals surface area contributed by atoms with E-state index in [1.165, 1.54) is 18.2 Å². The first-order valence-electron chi connectivity index (χ1n) is 4.75. The van der Waals surface area contributed by atoms with E-state index in [4.69, 9.17) is 5.73 Å². The van der Waals surface area contributed by atoms with E-state index in [0.29, 0.717) is 5.56 Å². The van der Waals surface area contributed by atoms with Crippen LogP contribution in [0, 0.1) is 5.82 Å². The van der Waals surface area contributed by atoms with Gasteiger partial charge in [-0.15, -0.1) is 0 Å². The first kappa shape index (κ1) is 11.5. The summed E-state index contributed by atoms with van der Waals surface area (Å²) >= 11 is 0. The quantitative estimate of drug-likeness (QED) is 0.758. The highest BCUT2D eigenvalue weighted by Gasteiger charge is 2.15. The smallest absolute Gasteiger partial charge is 0.253 e. The van der Waals surface area contributed by atoms with Gasteiger partial charge in [-0.3, -0.25) is 4.79 Å². The van der Waals surface area contributed by atoms with Gasteiger partial charge in [-0.05, 0) is 32.0 Å². The van der Waals surface area contributed by atoms with Crippen molar-refractivity contribution in [3.05, 3.63) is 29.6 Å². The average Bonchev–Trinajstić information content (AvgIpc) is 2.19. The zero-order valence-electron chi connectivity index (χ0n) is 9.12. The third-order valence-electron chi connectivity index (χ3n) is 2.34. The number of anilines is 1. The predicted octanol–water partition coefficient (Wildman–Crippen LogP) is 1.89. The third-order valence-corrected chi connectivity index (χ3v) is 2.34. The van der Waals surface area contributed by atoms with Crippen LogP contribution in [0.3, 0.4) is 0 Å². The van der Waals surface area contributed by atoms with Crippen molar-refractivity contribution in [3.63, 3.8) is 0 Å². The number of carbonyl (C=O) groups is 1. The summed E-state index contributed by atoms with van der Waals surface area (Å²) < 4.78 is 12.9. The van der Waals surface area contributed by atoms with E-state index >= 15 is 0 Å². The Labute approximate surface area is 88.7 Å². The largest absolute Gasteiger partial charge is 0.396 e. The molecule has 0 unspecified atom stereocenters. The van der Waals surface area contributed by atoms with Crippen molar-refractivity contribution < 1.29 is 9.18 Å². The molecule has 0 aliphatic carbocycles. The van der Waals surface area contributed by atoms with Crippen molar-refractivity contribution in [2.45, 2.75) is 19.9 Å². The molecule has 0 radical (unpaired) electrons. The number of nitrogens with two attached hydrogens (primary N) is 1. The van der Waals surface area contributed by atoms with E-state index in [1.807, 2.05) is 13.8 Å². The lowest BCUT2D eigenvalue weighted by Crippen LogP contribution is -2.33. The second-order valence-corrected chi connectivity index (χ2v) is 3.75. The van der Waals surface area contributed by atoms with Crippen molar-refractivity contribution in [1.82, 2.24) is 4.90 Å². The van der Waals surface area contributed by atoms with Crippen molar-refractivity contribution >= 4 is 11.6 Å². The highest BCUT2D eigenvalue weighted by atomic mass is 19.1. The van der Waals surface area contributed by atoms with Crippen LogP contribution in [0.25, 0.3) is 0 Å². The Bertz CT molecular complexity index is 377. The topological polar surface area (TPSA) is 46.3 Å². The van der Waals surface area contributed by atoms with Crippen LogP contribution in [0.2, 0.25) is 0 Å². The summed E-state index contributed by atoms with van der Waals surface area (Å²) in [6.07, 6.45) is 0. The summed E-state index contributed by atoms with van der Waals surface area (Å²) in [7, 11) is 1.70. The van der Waals surface area contributed by atoms with Crippen LogP contribution in [0.15, 0.2) is 18.2 Å². The van der Waals surface area contributed by atoms with Gasteiger partial charge in [0.25, 0.3) is 5.91 Å². The maximum Gasteiger partial charge on any atom is 0.253 e. The summed E-state index contributed by atoms with van der Waals surface area (Å²) in [4.78, 5) is 13.4. The van der Waals surface area contributed by atoms with Gasteiger partial charge in [0, 0.05) is 18.7 Å². The molecule has 0 bridgehead atoms. The maximum absolute atomic E-state index is 12.9. The Morgan fingerprint density at radius 2 is 2.07 bits per heavy atom. The predicted molar refractivity (Wildman–Crippen MR) is 58.0 cm³/mol. The number of nitrogens with zero attached hydrogens (tertiary/aromatic N) is 1. The molecule has 2 N–H and O–H groups in total. The fourth-order valence-corrected chi connectivity index (χ4v) is 1.11. The van der Waals surface area contributed by atoms with E-state index in [0.717, 1.165) is 0 Å². The van der Waals surface area contributed by atoms with E-state index in [-0.39, 0.29) is 17.6 Å². The molecule has 0 spiro atoms. The number of rotatable bonds is 2. The Morgan fingerprint density at radius 1 is 1.47 bits per heavy atom. The van der Waals surface area contributed by atoms with Crippen LogP contribution in [0.1, 0.15) is 24.2 Å². The molecule has 0 aliphatic rings. The minimum Gasteiger partial charge on any atom is -0.396 e. The molecule has 1 amide bonds. The van der Waals surface area contributed by atoms with Gasteiger partial charge in [0.15, 0.2) is 0 Å². The monoisotopic (exact) mass is 210 g/mol. The van der Waals surface area contributed by atoms with E-state index in [2.05, 4.69) is 0 Å². The third kappa shape index (κ3) is 2.46. The molecule has 4 heteroatoms. The minimum absolute atomic E-state index is 0.00185. The van der Waals surface area contributed by atoms with Gasteiger partial charge >= 0.3 is 0 Å². The fraction of sp³-hybridized carbons (Fsp3) is 0.364. The van der Waals surface area contributed by atoms with Crippen LogP contribution < -0.4 is 5.73 Å². The molecule has 1 aromatic carbocycles. The van der Waals surface area contributed by atoms with Crippen LogP contribution in [-0.4, -0.2) is 23.9 Å². The Hall–Kier alpha value is -1.58. The summed E-state index contributed by atoms with van der Waals surface area (Å²) in [6.45, 7) is 3.82. The second kappa shape index (κ2) is 4.29. The van der Waals surface area contributed by atoms with Crippen molar-refractivity contribution in [2.24, 2.45) is 0 Å². The number of hydrogen-bond donors (Lipinski definition) is 1. The average molecular weight is 210 g/mol. The maximum atomic E-state index is 12.9. The highest BCUT2D eigenvalue weighted by molar-refractivity contribution is 5.95.